The molecule has 0 saturated heterocycles. The Bertz CT molecular complexity index is 2550. The molecule has 0 bridgehead atoms. The van der Waals surface area contributed by atoms with E-state index < -0.39 is 181 Å². The van der Waals surface area contributed by atoms with Crippen LogP contribution in [0.25, 0.3) is 0 Å². The van der Waals surface area contributed by atoms with Crippen LogP contribution in [0.4, 0.5) is 35.1 Å². The lowest BCUT2D eigenvalue weighted by molar-refractivity contribution is -0.135. The van der Waals surface area contributed by atoms with Crippen molar-refractivity contribution < 1.29 is 92.9 Å². The number of rotatable bonds is 26. The first-order valence-corrected chi connectivity index (χ1v) is 21.7. The highest BCUT2D eigenvalue weighted by molar-refractivity contribution is 5.96. The molecule has 0 aliphatic rings. The van der Waals surface area contributed by atoms with Gasteiger partial charge in [0.1, 0.15) is 42.6 Å². The van der Waals surface area contributed by atoms with Crippen LogP contribution in [0.5, 0.6) is 17.2 Å². The second kappa shape index (κ2) is 27.5. The van der Waals surface area contributed by atoms with Crippen LogP contribution in [0.3, 0.4) is 0 Å². The molecule has 0 fully saturated rings. The number of nitrogens with two attached hydrogens (primary N) is 1. The molecule has 3 rings (SSSR count). The molecular formula is C43H49F8N11O12. The first-order valence-electron chi connectivity index (χ1n) is 21.7. The zero-order valence-corrected chi connectivity index (χ0v) is 39.5. The fourth-order valence-electron chi connectivity index (χ4n) is 6.06. The molecule has 0 aliphatic heterocycles. The van der Waals surface area contributed by atoms with Crippen molar-refractivity contribution >= 4 is 53.2 Å². The lowest BCUT2D eigenvalue weighted by atomic mass is 10.0. The van der Waals surface area contributed by atoms with Crippen LogP contribution in [0.2, 0.25) is 0 Å². The van der Waals surface area contributed by atoms with E-state index in [4.69, 9.17) is 15.2 Å². The highest BCUT2D eigenvalue weighted by Crippen LogP contribution is 2.30. The smallest absolute Gasteiger partial charge is 0.255 e. The van der Waals surface area contributed by atoms with Gasteiger partial charge in [0, 0.05) is 13.3 Å². The summed E-state index contributed by atoms with van der Waals surface area (Å²) < 4.78 is 122. The number of carbonyl (C=O) groups excluding carboxylic acids is 9. The average Bonchev–Trinajstić information content (AvgIpc) is 3.32. The largest absolute Gasteiger partial charge is 0.485 e. The van der Waals surface area contributed by atoms with Gasteiger partial charge in [0.25, 0.3) is 23.8 Å². The number of primary amides is 1. The predicted octanol–water partition coefficient (Wildman–Crippen LogP) is -1.27. The van der Waals surface area contributed by atoms with Gasteiger partial charge < -0.3 is 62.8 Å². The minimum Gasteiger partial charge on any atom is -0.485 e. The molecule has 4 unspecified atom stereocenters. The molecule has 2 aromatic heterocycles. The fourth-order valence-corrected chi connectivity index (χ4v) is 6.06. The van der Waals surface area contributed by atoms with Gasteiger partial charge in [0.2, 0.25) is 87.9 Å². The third-order valence-corrected chi connectivity index (χ3v) is 9.73. The summed E-state index contributed by atoms with van der Waals surface area (Å²) in [6.07, 6.45) is -1.80. The van der Waals surface area contributed by atoms with Crippen LogP contribution in [-0.2, 0) is 49.6 Å². The van der Waals surface area contributed by atoms with E-state index in [1.54, 1.807) is 13.8 Å². The molecule has 0 radical (unpaired) electrons. The second-order valence-electron chi connectivity index (χ2n) is 16.3. The normalized spacial score (nSPS) is 13.4. The predicted molar refractivity (Wildman–Crippen MR) is 234 cm³/mol. The number of hydrogen-bond donors (Lipinski definition) is 10. The fraction of sp³-hybridized carbons (Fsp3) is 0.419. The number of benzene rings is 1. The Labute approximate surface area is 413 Å². The van der Waals surface area contributed by atoms with Crippen molar-refractivity contribution in [1.29, 1.82) is 0 Å². The summed E-state index contributed by atoms with van der Waals surface area (Å²) in [4.78, 5) is 119. The Kier molecular flexibility index (Phi) is 22.4. The lowest BCUT2D eigenvalue weighted by Crippen LogP contribution is -2.58. The summed E-state index contributed by atoms with van der Waals surface area (Å²) in [7, 11) is 0. The summed E-state index contributed by atoms with van der Waals surface area (Å²) in [5, 5.41) is 27.4. The maximum Gasteiger partial charge on any atom is 0.255 e. The summed E-state index contributed by atoms with van der Waals surface area (Å²) in [6.45, 7) is 2.87. The van der Waals surface area contributed by atoms with Gasteiger partial charge >= 0.3 is 0 Å². The topological polar surface area (TPSA) is 340 Å². The van der Waals surface area contributed by atoms with Crippen LogP contribution in [0.1, 0.15) is 46.6 Å². The van der Waals surface area contributed by atoms with Gasteiger partial charge in [-0.05, 0) is 43.9 Å². The van der Waals surface area contributed by atoms with Crippen molar-refractivity contribution in [3.05, 3.63) is 76.9 Å². The lowest BCUT2D eigenvalue weighted by Gasteiger charge is -2.24. The molecule has 23 nitrogen and oxygen atoms in total. The SMILES string of the molecule is CC(=O)N[C@H](Cc1ccc(Oc2c(F)c(F)nc(F)c2F)cc1)C(=O)NC(COc1c(F)c(F)nc(F)c1F)C(=O)NCC(=O)NCC(=O)NCC(=O)NC(C(=O)NC(C)C(=O)N[C@@H](CC(C)C)C(N)=O)C(C)O. The maximum atomic E-state index is 14.4. The summed E-state index contributed by atoms with van der Waals surface area (Å²) in [5.41, 5.74) is 5.48. The molecular weight excluding hydrogens is 1010 g/mol. The number of nitrogens with zero attached hydrogens (tertiary/aromatic N) is 2. The molecule has 3 aromatic rings. The van der Waals surface area contributed by atoms with E-state index in [9.17, 15) is 83.4 Å². The zero-order valence-electron chi connectivity index (χ0n) is 39.5. The van der Waals surface area contributed by atoms with Gasteiger partial charge in [-0.15, -0.1) is 0 Å². The van der Waals surface area contributed by atoms with E-state index in [0.29, 0.717) is 0 Å². The molecule has 1 aromatic carbocycles. The van der Waals surface area contributed by atoms with Gasteiger partial charge in [-0.2, -0.15) is 45.1 Å². The number of aliphatic hydroxyl groups excluding tert-OH is 1. The molecule has 6 atom stereocenters. The van der Waals surface area contributed by atoms with E-state index in [1.807, 2.05) is 5.32 Å². The number of hydrogen-bond acceptors (Lipinski definition) is 14. The average molecular weight is 1060 g/mol. The van der Waals surface area contributed by atoms with Crippen molar-refractivity contribution in [2.75, 3.05) is 26.2 Å². The van der Waals surface area contributed by atoms with Gasteiger partial charge in [-0.3, -0.25) is 43.2 Å². The molecule has 11 N–H and O–H groups in total. The zero-order chi connectivity index (χ0) is 55.7. The molecule has 0 saturated carbocycles. The summed E-state index contributed by atoms with van der Waals surface area (Å²) >= 11 is 0. The summed E-state index contributed by atoms with van der Waals surface area (Å²) in [6, 6.07) is -3.35. The van der Waals surface area contributed by atoms with Crippen LogP contribution in [-0.4, -0.2) is 131 Å². The Morgan fingerprint density at radius 1 is 0.581 bits per heavy atom. The van der Waals surface area contributed by atoms with Crippen molar-refractivity contribution in [1.82, 2.24) is 52.5 Å². The Balaban J connectivity index is 1.64. The number of ether oxygens (including phenoxy) is 2. The van der Waals surface area contributed by atoms with E-state index in [0.717, 1.165) is 26.0 Å². The molecule has 74 heavy (non-hydrogen) atoms. The van der Waals surface area contributed by atoms with Gasteiger partial charge in [0.05, 0.1) is 25.7 Å². The van der Waals surface area contributed by atoms with E-state index in [2.05, 4.69) is 47.2 Å². The highest BCUT2D eigenvalue weighted by Gasteiger charge is 2.32. The minimum absolute atomic E-state index is 0.0315. The Hall–Kier alpha value is -8.25. The minimum atomic E-state index is -2.16. The van der Waals surface area contributed by atoms with Gasteiger partial charge in [0.15, 0.2) is 0 Å². The van der Waals surface area contributed by atoms with E-state index in [-0.39, 0.29) is 23.7 Å². The number of pyridine rings is 2. The molecule has 0 aliphatic carbocycles. The quantitative estimate of drug-likeness (QED) is 0.0331. The first-order chi connectivity index (χ1) is 34.6. The van der Waals surface area contributed by atoms with Crippen molar-refractivity contribution in [3.63, 3.8) is 0 Å². The van der Waals surface area contributed by atoms with Gasteiger partial charge in [-0.1, -0.05) is 26.0 Å². The van der Waals surface area contributed by atoms with Gasteiger partial charge in [-0.25, -0.2) is 0 Å². The number of aromatic nitrogens is 2. The number of halogens is 8. The van der Waals surface area contributed by atoms with Crippen molar-refractivity contribution in [2.45, 2.75) is 83.8 Å². The molecule has 9 amide bonds. The monoisotopic (exact) mass is 1060 g/mol. The highest BCUT2D eigenvalue weighted by atomic mass is 19.2. The van der Waals surface area contributed by atoms with Crippen LogP contribution in [0, 0.1) is 53.0 Å². The third kappa shape index (κ3) is 18.1. The number of amides is 9. The van der Waals surface area contributed by atoms with E-state index in [1.165, 1.54) is 19.1 Å². The van der Waals surface area contributed by atoms with E-state index >= 15 is 0 Å². The molecule has 31 heteroatoms. The number of carbonyl (C=O) groups is 9. The van der Waals surface area contributed by atoms with Crippen LogP contribution in [0.15, 0.2) is 24.3 Å². The molecule has 404 valence electrons. The van der Waals surface area contributed by atoms with Crippen molar-refractivity contribution in [2.24, 2.45) is 11.7 Å². The number of aliphatic hydroxyl groups is 1. The van der Waals surface area contributed by atoms with Crippen LogP contribution < -0.4 is 57.7 Å². The number of nitrogens with one attached hydrogen (secondary N) is 8. The molecule has 0 spiro atoms. The third-order valence-electron chi connectivity index (χ3n) is 9.73. The standard InChI is InChI=1S/C43H49F8N11O12/c1-16(2)10-22(39(52)68)58-40(69)17(3)56-43(72)32(18(4)63)60-27(67)14-54-25(65)12-53-26(66)13-55-41(70)24(15-73-33-28(44)35(48)61-36(49)29(33)45)59-42(71)23(57-19(5)64)11-20-6-8-21(9-7-20)74-34-30(46)37(50)62-38(51)31(34)47/h6-9,16-18,22-24,32,63H,10-15H2,1-5H3,(H2,52,68)(H,53,66)(H,54,65)(H,55,70)(H,56,72)(H,57,64)(H,58,69)(H,59,71)(H,60,67)/t17?,18?,22-,23+,24?,32?/m0/s1. The first kappa shape index (κ1) is 60.1. The Morgan fingerprint density at radius 2 is 1.07 bits per heavy atom. The Morgan fingerprint density at radius 3 is 1.55 bits per heavy atom. The van der Waals surface area contributed by atoms with Crippen molar-refractivity contribution in [3.8, 4) is 17.2 Å². The maximum absolute atomic E-state index is 14.4. The molecule has 2 heterocycles. The second-order valence-corrected chi connectivity index (χ2v) is 16.3. The summed E-state index contributed by atoms with van der Waals surface area (Å²) in [5.74, 6) is -29.5. The van der Waals surface area contributed by atoms with Crippen LogP contribution >= 0.6 is 0 Å².